The van der Waals surface area contributed by atoms with Crippen molar-refractivity contribution in [1.82, 2.24) is 10.2 Å². The van der Waals surface area contributed by atoms with Crippen molar-refractivity contribution < 1.29 is 0 Å². The Bertz CT molecular complexity index is 281. The average molecular weight is 265 g/mol. The van der Waals surface area contributed by atoms with Gasteiger partial charge in [-0.2, -0.15) is 0 Å². The molecule has 66 valence electrons. The van der Waals surface area contributed by atoms with Gasteiger partial charge in [0.25, 0.3) is 0 Å². The number of halogens is 1. The van der Waals surface area contributed by atoms with Crippen molar-refractivity contribution in [2.45, 2.75) is 24.5 Å². The third kappa shape index (κ3) is 1.54. The van der Waals surface area contributed by atoms with Crippen LogP contribution in [0.3, 0.4) is 0 Å². The smallest absolute Gasteiger partial charge is 0.148 e. The molecule has 2 heterocycles. The molecule has 1 aliphatic heterocycles. The molecule has 1 saturated heterocycles. The van der Waals surface area contributed by atoms with Gasteiger partial charge in [0.15, 0.2) is 3.92 Å². The van der Waals surface area contributed by atoms with E-state index in [1.54, 1.807) is 11.3 Å². The highest BCUT2D eigenvalue weighted by atomic mass is 79.9. The van der Waals surface area contributed by atoms with Crippen LogP contribution in [-0.2, 0) is 4.75 Å². The summed E-state index contributed by atoms with van der Waals surface area (Å²) in [4.78, 5) is 0. The Balaban J connectivity index is 2.28. The lowest BCUT2D eigenvalue weighted by Gasteiger charge is -2.17. The van der Waals surface area contributed by atoms with E-state index in [1.807, 2.05) is 11.8 Å². The van der Waals surface area contributed by atoms with E-state index in [0.29, 0.717) is 0 Å². The molecule has 1 aromatic rings. The molecule has 1 unspecified atom stereocenters. The topological polar surface area (TPSA) is 25.8 Å². The summed E-state index contributed by atoms with van der Waals surface area (Å²) >= 11 is 6.99. The molecule has 5 heteroatoms. The number of thioether (sulfide) groups is 1. The van der Waals surface area contributed by atoms with Crippen molar-refractivity contribution >= 4 is 39.0 Å². The quantitative estimate of drug-likeness (QED) is 0.780. The normalized spacial score (nSPS) is 29.5. The molecule has 1 fully saturated rings. The van der Waals surface area contributed by atoms with Crippen LogP contribution in [0, 0.1) is 0 Å². The number of hydrogen-bond donors (Lipinski definition) is 0. The summed E-state index contributed by atoms with van der Waals surface area (Å²) in [5.74, 6) is 1.26. The summed E-state index contributed by atoms with van der Waals surface area (Å²) in [5, 5.41) is 9.31. The number of hydrogen-bond acceptors (Lipinski definition) is 4. The SMILES string of the molecule is CC1(c2nnc(Br)s2)CCCS1. The van der Waals surface area contributed by atoms with Crippen molar-refractivity contribution in [3.63, 3.8) is 0 Å². The Morgan fingerprint density at radius 1 is 1.50 bits per heavy atom. The summed E-state index contributed by atoms with van der Waals surface area (Å²) in [6.45, 7) is 2.26. The second kappa shape index (κ2) is 3.27. The Morgan fingerprint density at radius 3 is 2.83 bits per heavy atom. The van der Waals surface area contributed by atoms with Crippen LogP contribution < -0.4 is 0 Å². The van der Waals surface area contributed by atoms with Crippen LogP contribution >= 0.6 is 39.0 Å². The van der Waals surface area contributed by atoms with Crippen LogP contribution in [0.15, 0.2) is 3.92 Å². The fourth-order valence-electron chi connectivity index (χ4n) is 1.37. The minimum Gasteiger partial charge on any atom is -0.148 e. The predicted molar refractivity (Wildman–Crippen MR) is 56.7 cm³/mol. The lowest BCUT2D eigenvalue weighted by atomic mass is 10.1. The van der Waals surface area contributed by atoms with Gasteiger partial charge in [0.05, 0.1) is 4.75 Å². The molecule has 0 aliphatic carbocycles. The highest BCUT2D eigenvalue weighted by Gasteiger charge is 2.34. The molecule has 0 radical (unpaired) electrons. The summed E-state index contributed by atoms with van der Waals surface area (Å²) < 4.78 is 1.13. The van der Waals surface area contributed by atoms with E-state index < -0.39 is 0 Å². The molecule has 1 aliphatic rings. The van der Waals surface area contributed by atoms with Gasteiger partial charge in [0.1, 0.15) is 5.01 Å². The Hall–Kier alpha value is 0.390. The van der Waals surface area contributed by atoms with E-state index in [-0.39, 0.29) is 4.75 Å². The van der Waals surface area contributed by atoms with Gasteiger partial charge in [-0.1, -0.05) is 11.3 Å². The van der Waals surface area contributed by atoms with E-state index in [0.717, 1.165) is 8.92 Å². The van der Waals surface area contributed by atoms with Crippen molar-refractivity contribution in [2.24, 2.45) is 0 Å². The molecule has 1 aromatic heterocycles. The zero-order chi connectivity index (χ0) is 8.60. The predicted octanol–water partition coefficient (Wildman–Crippen LogP) is 3.04. The fraction of sp³-hybridized carbons (Fsp3) is 0.714. The molecular weight excluding hydrogens is 256 g/mol. The summed E-state index contributed by atoms with van der Waals surface area (Å²) in [6, 6.07) is 0. The lowest BCUT2D eigenvalue weighted by Crippen LogP contribution is -2.11. The lowest BCUT2D eigenvalue weighted by molar-refractivity contribution is 0.634. The minimum atomic E-state index is 0.240. The van der Waals surface area contributed by atoms with Gasteiger partial charge < -0.3 is 0 Å². The van der Waals surface area contributed by atoms with Crippen molar-refractivity contribution in [3.05, 3.63) is 8.92 Å². The molecule has 2 rings (SSSR count). The summed E-state index contributed by atoms with van der Waals surface area (Å²) in [5.41, 5.74) is 0. The largest absolute Gasteiger partial charge is 0.183 e. The van der Waals surface area contributed by atoms with Crippen LogP contribution in [0.1, 0.15) is 24.8 Å². The van der Waals surface area contributed by atoms with Crippen molar-refractivity contribution in [2.75, 3.05) is 5.75 Å². The first-order valence-corrected chi connectivity index (χ1v) is 6.44. The zero-order valence-electron chi connectivity index (χ0n) is 6.71. The fourth-order valence-corrected chi connectivity index (χ4v) is 4.04. The van der Waals surface area contributed by atoms with Gasteiger partial charge in [0.2, 0.25) is 0 Å². The van der Waals surface area contributed by atoms with Crippen LogP contribution in [0.2, 0.25) is 0 Å². The first kappa shape index (κ1) is 8.97. The average Bonchev–Trinajstić information content (AvgIpc) is 2.59. The maximum absolute atomic E-state index is 4.17. The Kier molecular flexibility index (Phi) is 2.44. The maximum Gasteiger partial charge on any atom is 0.183 e. The second-order valence-corrected chi connectivity index (χ2v) is 6.89. The molecule has 1 atom stereocenters. The van der Waals surface area contributed by atoms with Gasteiger partial charge in [-0.15, -0.1) is 22.0 Å². The van der Waals surface area contributed by atoms with Crippen molar-refractivity contribution in [1.29, 1.82) is 0 Å². The van der Waals surface area contributed by atoms with E-state index >= 15 is 0 Å². The van der Waals surface area contributed by atoms with E-state index in [1.165, 1.54) is 18.6 Å². The second-order valence-electron chi connectivity index (χ2n) is 3.04. The van der Waals surface area contributed by atoms with Gasteiger partial charge in [0, 0.05) is 0 Å². The molecule has 12 heavy (non-hydrogen) atoms. The molecule has 0 bridgehead atoms. The molecule has 0 N–H and O–H groups in total. The van der Waals surface area contributed by atoms with Crippen LogP contribution in [0.25, 0.3) is 0 Å². The van der Waals surface area contributed by atoms with Gasteiger partial charge in [-0.3, -0.25) is 0 Å². The first-order valence-electron chi connectivity index (χ1n) is 3.84. The monoisotopic (exact) mass is 264 g/mol. The van der Waals surface area contributed by atoms with Crippen LogP contribution in [-0.4, -0.2) is 16.0 Å². The van der Waals surface area contributed by atoms with Gasteiger partial charge >= 0.3 is 0 Å². The van der Waals surface area contributed by atoms with Gasteiger partial charge in [-0.25, -0.2) is 0 Å². The van der Waals surface area contributed by atoms with Crippen molar-refractivity contribution in [3.8, 4) is 0 Å². The van der Waals surface area contributed by atoms with Crippen LogP contribution in [0.4, 0.5) is 0 Å². The van der Waals surface area contributed by atoms with Gasteiger partial charge in [-0.05, 0) is 41.4 Å². The molecule has 0 amide bonds. The molecular formula is C7H9BrN2S2. The maximum atomic E-state index is 4.17. The number of nitrogens with zero attached hydrogens (tertiary/aromatic N) is 2. The zero-order valence-corrected chi connectivity index (χ0v) is 9.93. The molecule has 2 nitrogen and oxygen atoms in total. The molecule has 0 spiro atoms. The highest BCUT2D eigenvalue weighted by Crippen LogP contribution is 2.47. The summed E-state index contributed by atoms with van der Waals surface area (Å²) in [6.07, 6.45) is 2.54. The molecule has 0 aromatic carbocycles. The number of aromatic nitrogens is 2. The standard InChI is InChI=1S/C7H9BrN2S2/c1-7(3-2-4-11-7)5-9-10-6(8)12-5/h2-4H2,1H3. The minimum absolute atomic E-state index is 0.240. The highest BCUT2D eigenvalue weighted by molar-refractivity contribution is 9.11. The van der Waals surface area contributed by atoms with Crippen LogP contribution in [0.5, 0.6) is 0 Å². The molecule has 0 saturated carbocycles. The van der Waals surface area contributed by atoms with E-state index in [2.05, 4.69) is 33.1 Å². The third-order valence-corrected chi connectivity index (χ3v) is 5.35. The van der Waals surface area contributed by atoms with E-state index in [9.17, 15) is 0 Å². The van der Waals surface area contributed by atoms with E-state index in [4.69, 9.17) is 0 Å². The Morgan fingerprint density at radius 2 is 2.33 bits per heavy atom. The first-order chi connectivity index (χ1) is 5.71. The number of rotatable bonds is 1. The summed E-state index contributed by atoms with van der Waals surface area (Å²) in [7, 11) is 0. The Labute approximate surface area is 88.3 Å². The third-order valence-electron chi connectivity index (χ3n) is 2.07.